The van der Waals surface area contributed by atoms with Gasteiger partial charge in [-0.15, -0.1) is 0 Å². The van der Waals surface area contributed by atoms with Crippen molar-refractivity contribution in [3.63, 3.8) is 0 Å². The van der Waals surface area contributed by atoms with Crippen molar-refractivity contribution in [2.75, 3.05) is 39.5 Å². The van der Waals surface area contributed by atoms with E-state index in [1.165, 1.54) is 0 Å². The minimum Gasteiger partial charge on any atom is -0.489 e. The number of nitrogens with zero attached hydrogens (tertiary/aromatic N) is 2. The summed E-state index contributed by atoms with van der Waals surface area (Å²) in [5.74, 6) is 0.461. The molecule has 3 heterocycles. The van der Waals surface area contributed by atoms with Crippen LogP contribution in [0.1, 0.15) is 18.4 Å². The molecule has 218 valence electrons. The van der Waals surface area contributed by atoms with Crippen LogP contribution in [0.25, 0.3) is 33.1 Å². The maximum atomic E-state index is 13.0. The van der Waals surface area contributed by atoms with Crippen molar-refractivity contribution < 1.29 is 36.8 Å². The normalized spacial score (nSPS) is 17.7. The Hall–Kier alpha value is -2.83. The molecule has 0 amide bonds. The molecule has 1 saturated heterocycles. The SMILES string of the molecule is Cc1cnc2[nH]c3c(OC[C@@H](CN4CCOCC4)OP(=O)(O)O)ccc(-c4cccc(S(=O)(=O)C5CC5)c4)c3c2c1. The van der Waals surface area contributed by atoms with Crippen LogP contribution in [0.3, 0.4) is 0 Å². The molecule has 11 nitrogen and oxygen atoms in total. The van der Waals surface area contributed by atoms with Gasteiger partial charge in [-0.25, -0.2) is 18.0 Å². The molecular formula is C28H32N3O8PS. The number of H-pyrrole nitrogens is 1. The Bertz CT molecular complexity index is 1740. The second-order valence-corrected chi connectivity index (χ2v) is 14.0. The third kappa shape index (κ3) is 6.19. The maximum Gasteiger partial charge on any atom is 0.470 e. The molecule has 1 aliphatic heterocycles. The zero-order chi connectivity index (χ0) is 28.8. The standard InChI is InChI=1S/C28H32N3O8PS/c1-18-13-24-26-23(19-3-2-4-22(14-19)41(35,36)21-5-6-21)7-8-25(27(26)30-28(24)29-15-18)38-17-20(39-40(32,33)34)16-31-9-11-37-12-10-31/h2-4,7-8,13-15,20-21H,5-6,9-12,16-17H2,1H3,(H,29,30)(H2,32,33,34)/t20-/m1/s1. The summed E-state index contributed by atoms with van der Waals surface area (Å²) in [6.07, 6.45) is 2.24. The molecule has 2 aliphatic rings. The van der Waals surface area contributed by atoms with Crippen LogP contribution in [0.4, 0.5) is 0 Å². The maximum absolute atomic E-state index is 13.0. The second kappa shape index (κ2) is 11.1. The molecule has 2 fully saturated rings. The number of hydrogen-bond donors (Lipinski definition) is 3. The molecule has 41 heavy (non-hydrogen) atoms. The lowest BCUT2D eigenvalue weighted by Crippen LogP contribution is -2.43. The molecule has 2 aromatic heterocycles. The van der Waals surface area contributed by atoms with Crippen molar-refractivity contribution in [2.45, 2.75) is 36.0 Å². The summed E-state index contributed by atoms with van der Waals surface area (Å²) in [5, 5.41) is 1.36. The number of nitrogens with one attached hydrogen (secondary N) is 1. The van der Waals surface area contributed by atoms with Gasteiger partial charge in [0, 0.05) is 36.6 Å². The van der Waals surface area contributed by atoms with E-state index in [1.807, 2.05) is 30.0 Å². The van der Waals surface area contributed by atoms with Gasteiger partial charge in [0.2, 0.25) is 0 Å². The van der Waals surface area contributed by atoms with Crippen molar-refractivity contribution >= 4 is 39.6 Å². The molecule has 2 aromatic carbocycles. The van der Waals surface area contributed by atoms with Crippen LogP contribution in [-0.2, 0) is 23.7 Å². The molecule has 13 heteroatoms. The Labute approximate surface area is 237 Å². The second-order valence-electron chi connectivity index (χ2n) is 10.6. The topological polar surface area (TPSA) is 151 Å². The lowest BCUT2D eigenvalue weighted by Gasteiger charge is -2.30. The summed E-state index contributed by atoms with van der Waals surface area (Å²) < 4.78 is 54.3. The van der Waals surface area contributed by atoms with Gasteiger partial charge in [0.15, 0.2) is 9.84 Å². The number of hydrogen-bond acceptors (Lipinski definition) is 8. The molecular weight excluding hydrogens is 569 g/mol. The van der Waals surface area contributed by atoms with Gasteiger partial charge in [-0.2, -0.15) is 0 Å². The number of aromatic nitrogens is 2. The molecule has 3 N–H and O–H groups in total. The van der Waals surface area contributed by atoms with E-state index in [0.29, 0.717) is 61.0 Å². The van der Waals surface area contributed by atoms with Crippen molar-refractivity contribution in [1.82, 2.24) is 14.9 Å². The monoisotopic (exact) mass is 601 g/mol. The van der Waals surface area contributed by atoms with E-state index in [4.69, 9.17) is 14.0 Å². The van der Waals surface area contributed by atoms with Crippen molar-refractivity contribution in [1.29, 1.82) is 0 Å². The quantitative estimate of drug-likeness (QED) is 0.229. The van der Waals surface area contributed by atoms with E-state index in [0.717, 1.165) is 27.5 Å². The van der Waals surface area contributed by atoms with E-state index in [2.05, 4.69) is 9.97 Å². The van der Waals surface area contributed by atoms with Gasteiger partial charge < -0.3 is 24.2 Å². The predicted octanol–water partition coefficient (Wildman–Crippen LogP) is 3.82. The number of sulfone groups is 1. The zero-order valence-electron chi connectivity index (χ0n) is 22.5. The minimum atomic E-state index is -4.76. The van der Waals surface area contributed by atoms with Gasteiger partial charge in [-0.1, -0.05) is 12.1 Å². The Kier molecular flexibility index (Phi) is 7.67. The zero-order valence-corrected chi connectivity index (χ0v) is 24.2. The van der Waals surface area contributed by atoms with Crippen molar-refractivity contribution in [2.24, 2.45) is 0 Å². The number of aromatic amines is 1. The van der Waals surface area contributed by atoms with Gasteiger partial charge in [0.1, 0.15) is 24.1 Å². The third-order valence-corrected chi connectivity index (χ3v) is 10.3. The lowest BCUT2D eigenvalue weighted by atomic mass is 9.99. The number of pyridine rings is 1. The summed E-state index contributed by atoms with van der Waals surface area (Å²) in [6.45, 7) is 4.44. The average molecular weight is 602 g/mol. The number of phosphoric acid groups is 1. The van der Waals surface area contributed by atoms with Crippen molar-refractivity contribution in [3.8, 4) is 16.9 Å². The van der Waals surface area contributed by atoms with Crippen LogP contribution in [-0.4, -0.2) is 83.9 Å². The highest BCUT2D eigenvalue weighted by atomic mass is 32.2. The van der Waals surface area contributed by atoms with Gasteiger partial charge in [0.05, 0.1) is 28.9 Å². The minimum absolute atomic E-state index is 0.103. The molecule has 1 saturated carbocycles. The lowest BCUT2D eigenvalue weighted by molar-refractivity contribution is 0.00438. The van der Waals surface area contributed by atoms with Gasteiger partial charge in [-0.3, -0.25) is 9.42 Å². The first-order chi connectivity index (χ1) is 19.6. The molecule has 0 bridgehead atoms. The van der Waals surface area contributed by atoms with Crippen molar-refractivity contribution in [3.05, 3.63) is 54.2 Å². The van der Waals surface area contributed by atoms with E-state index in [9.17, 15) is 22.8 Å². The summed E-state index contributed by atoms with van der Waals surface area (Å²) in [7, 11) is -8.14. The van der Waals surface area contributed by atoms with Crippen LogP contribution in [0.15, 0.2) is 53.6 Å². The smallest absolute Gasteiger partial charge is 0.470 e. The first-order valence-corrected chi connectivity index (χ1v) is 16.6. The molecule has 6 rings (SSSR count). The van der Waals surface area contributed by atoms with Gasteiger partial charge >= 0.3 is 7.82 Å². The summed E-state index contributed by atoms with van der Waals surface area (Å²) in [6, 6.07) is 12.7. The van der Waals surface area contributed by atoms with Gasteiger partial charge in [-0.05, 0) is 66.8 Å². The highest BCUT2D eigenvalue weighted by Gasteiger charge is 2.37. The molecule has 4 aromatic rings. The summed E-state index contributed by atoms with van der Waals surface area (Å²) >= 11 is 0. The van der Waals surface area contributed by atoms with E-state index >= 15 is 0 Å². The Morgan fingerprint density at radius 3 is 2.68 bits per heavy atom. The van der Waals surface area contributed by atoms with Crippen LogP contribution < -0.4 is 4.74 Å². The van der Waals surface area contributed by atoms with Crippen LogP contribution in [0.5, 0.6) is 5.75 Å². The number of fused-ring (bicyclic) bond motifs is 3. The van der Waals surface area contributed by atoms with Crippen LogP contribution in [0, 0.1) is 6.92 Å². The van der Waals surface area contributed by atoms with Crippen LogP contribution in [0.2, 0.25) is 0 Å². The van der Waals surface area contributed by atoms with E-state index in [1.54, 1.807) is 30.5 Å². The third-order valence-electron chi connectivity index (χ3n) is 7.42. The number of aryl methyl sites for hydroxylation is 1. The fourth-order valence-electron chi connectivity index (χ4n) is 5.30. The van der Waals surface area contributed by atoms with Crippen LogP contribution >= 0.6 is 7.82 Å². The largest absolute Gasteiger partial charge is 0.489 e. The molecule has 1 aliphatic carbocycles. The molecule has 0 radical (unpaired) electrons. The predicted molar refractivity (Wildman–Crippen MR) is 154 cm³/mol. The van der Waals surface area contributed by atoms with Gasteiger partial charge in [0.25, 0.3) is 0 Å². The average Bonchev–Trinajstić information content (AvgIpc) is 3.74. The first-order valence-electron chi connectivity index (χ1n) is 13.5. The molecule has 0 spiro atoms. The number of morpholine rings is 1. The number of ether oxygens (including phenoxy) is 2. The van der Waals surface area contributed by atoms with E-state index in [-0.39, 0.29) is 18.4 Å². The number of phosphoric ester groups is 1. The molecule has 1 atom stereocenters. The summed E-state index contributed by atoms with van der Waals surface area (Å²) in [5.41, 5.74) is 3.81. The first kappa shape index (κ1) is 28.3. The Morgan fingerprint density at radius 1 is 1.17 bits per heavy atom. The van der Waals surface area contributed by atoms with E-state index < -0.39 is 23.8 Å². The fraction of sp³-hybridized carbons (Fsp3) is 0.393. The summed E-state index contributed by atoms with van der Waals surface area (Å²) in [4.78, 5) is 29.3. The number of rotatable bonds is 10. The Balaban J connectivity index is 1.38. The molecule has 0 unspecified atom stereocenters. The Morgan fingerprint density at radius 2 is 1.95 bits per heavy atom. The highest BCUT2D eigenvalue weighted by molar-refractivity contribution is 7.92. The highest BCUT2D eigenvalue weighted by Crippen LogP contribution is 2.42. The number of benzene rings is 2. The fourth-order valence-corrected chi connectivity index (χ4v) is 7.52.